The first-order chi connectivity index (χ1) is 12.6. The molecule has 26 heavy (non-hydrogen) atoms. The van der Waals surface area contributed by atoms with E-state index in [1.807, 2.05) is 13.0 Å². The van der Waals surface area contributed by atoms with Gasteiger partial charge in [-0.15, -0.1) is 0 Å². The molecule has 0 atom stereocenters. The van der Waals surface area contributed by atoms with Crippen LogP contribution >= 0.6 is 0 Å². The van der Waals surface area contributed by atoms with Crippen molar-refractivity contribution in [3.8, 4) is 0 Å². The molecule has 0 aliphatic heterocycles. The summed E-state index contributed by atoms with van der Waals surface area (Å²) in [5.41, 5.74) is 2.07. The van der Waals surface area contributed by atoms with Crippen LogP contribution in [0.15, 0.2) is 18.2 Å². The molecule has 1 rings (SSSR count). The van der Waals surface area contributed by atoms with E-state index < -0.39 is 12.1 Å². The lowest BCUT2D eigenvalue weighted by Crippen LogP contribution is -2.13. The molecule has 0 aliphatic carbocycles. The first-order valence-corrected chi connectivity index (χ1v) is 9.34. The lowest BCUT2D eigenvalue weighted by Gasteiger charge is -2.07. The van der Waals surface area contributed by atoms with Gasteiger partial charge < -0.3 is 4.74 Å². The molecule has 0 fully saturated rings. The zero-order valence-corrected chi connectivity index (χ0v) is 16.0. The first-order valence-electron chi connectivity index (χ1n) is 9.34. The Balaban J connectivity index is 2.06. The van der Waals surface area contributed by atoms with Crippen molar-refractivity contribution in [1.29, 1.82) is 0 Å². The van der Waals surface area contributed by atoms with Crippen LogP contribution in [0.5, 0.6) is 0 Å². The van der Waals surface area contributed by atoms with Crippen molar-refractivity contribution in [1.82, 2.24) is 0 Å². The highest BCUT2D eigenvalue weighted by molar-refractivity contribution is 5.90. The summed E-state index contributed by atoms with van der Waals surface area (Å²) in [6.07, 6.45) is 8.18. The molecule has 0 bridgehead atoms. The van der Waals surface area contributed by atoms with Crippen molar-refractivity contribution >= 4 is 12.1 Å². The summed E-state index contributed by atoms with van der Waals surface area (Å²) in [7, 11) is 0. The van der Waals surface area contributed by atoms with E-state index in [1.54, 1.807) is 19.1 Å². The van der Waals surface area contributed by atoms with Gasteiger partial charge in [-0.3, -0.25) is 4.89 Å². The third kappa shape index (κ3) is 8.85. The van der Waals surface area contributed by atoms with Crippen LogP contribution in [0.2, 0.25) is 0 Å². The van der Waals surface area contributed by atoms with E-state index in [0.29, 0.717) is 5.56 Å². The molecular formula is C20H30O6. The highest BCUT2D eigenvalue weighted by Gasteiger charge is 2.15. The minimum Gasteiger partial charge on any atom is -0.432 e. The normalized spacial score (nSPS) is 10.4. The Hall–Kier alpha value is -2.08. The molecule has 0 radical (unpaired) electrons. The van der Waals surface area contributed by atoms with E-state index in [4.69, 9.17) is 4.74 Å². The molecule has 6 heteroatoms. The first kappa shape index (κ1) is 22.0. The molecule has 146 valence electrons. The van der Waals surface area contributed by atoms with Gasteiger partial charge in [0, 0.05) is 0 Å². The quantitative estimate of drug-likeness (QED) is 0.207. The summed E-state index contributed by atoms with van der Waals surface area (Å²) in [6.45, 7) is 6.13. The van der Waals surface area contributed by atoms with Gasteiger partial charge in [-0.05, 0) is 37.5 Å². The maximum atomic E-state index is 11.8. The fourth-order valence-corrected chi connectivity index (χ4v) is 2.51. The summed E-state index contributed by atoms with van der Waals surface area (Å²) in [5.74, 6) is -0.734. The molecule has 0 saturated heterocycles. The number of aryl methyl sites for hydroxylation is 1. The average Bonchev–Trinajstić information content (AvgIpc) is 2.62. The fourth-order valence-electron chi connectivity index (χ4n) is 2.51. The molecule has 1 aromatic carbocycles. The SMILES string of the molecule is CCCCCCCCCCOC(=O)OOOC(=O)c1cccc(C)c1C. The van der Waals surface area contributed by atoms with E-state index in [2.05, 4.69) is 21.7 Å². The van der Waals surface area contributed by atoms with Gasteiger partial charge in [0.2, 0.25) is 0 Å². The molecule has 1 aromatic rings. The Labute approximate surface area is 155 Å². The molecule has 0 aliphatic rings. The number of carbonyl (C=O) groups is 2. The van der Waals surface area contributed by atoms with Crippen molar-refractivity contribution in [2.75, 3.05) is 6.61 Å². The number of unbranched alkanes of at least 4 members (excludes halogenated alkanes) is 7. The monoisotopic (exact) mass is 366 g/mol. The fraction of sp³-hybridized carbons (Fsp3) is 0.600. The van der Waals surface area contributed by atoms with Crippen molar-refractivity contribution < 1.29 is 29.1 Å². The smallest absolute Gasteiger partial charge is 0.432 e. The van der Waals surface area contributed by atoms with Crippen LogP contribution in [0.25, 0.3) is 0 Å². The van der Waals surface area contributed by atoms with E-state index >= 15 is 0 Å². The number of carbonyl (C=O) groups excluding carboxylic acids is 2. The molecule has 0 aromatic heterocycles. The summed E-state index contributed by atoms with van der Waals surface area (Å²) in [5, 5.41) is 4.22. The Kier molecular flexibility index (Phi) is 11.1. The topological polar surface area (TPSA) is 71.1 Å². The lowest BCUT2D eigenvalue weighted by molar-refractivity contribution is -0.452. The minimum atomic E-state index is -1.03. The largest absolute Gasteiger partial charge is 0.543 e. The molecular weight excluding hydrogens is 336 g/mol. The van der Waals surface area contributed by atoms with E-state index in [0.717, 1.165) is 30.4 Å². The average molecular weight is 366 g/mol. The molecule has 0 unspecified atom stereocenters. The van der Waals surface area contributed by atoms with Gasteiger partial charge in [0.1, 0.15) is 0 Å². The van der Waals surface area contributed by atoms with Crippen LogP contribution in [0.1, 0.15) is 79.8 Å². The molecule has 0 amide bonds. The van der Waals surface area contributed by atoms with Crippen LogP contribution < -0.4 is 0 Å². The summed E-state index contributed by atoms with van der Waals surface area (Å²) in [6, 6.07) is 5.22. The van der Waals surface area contributed by atoms with Crippen molar-refractivity contribution in [2.24, 2.45) is 0 Å². The molecule has 0 N–H and O–H groups in total. The van der Waals surface area contributed by atoms with Gasteiger partial charge in [-0.25, -0.2) is 14.5 Å². The molecule has 6 nitrogen and oxygen atoms in total. The van der Waals surface area contributed by atoms with Crippen molar-refractivity contribution in [2.45, 2.75) is 72.1 Å². The maximum Gasteiger partial charge on any atom is 0.543 e. The van der Waals surface area contributed by atoms with Crippen LogP contribution in [0, 0.1) is 13.8 Å². The zero-order valence-electron chi connectivity index (χ0n) is 16.0. The maximum absolute atomic E-state index is 11.8. The molecule has 0 saturated carbocycles. The number of rotatable bonds is 12. The van der Waals surface area contributed by atoms with Gasteiger partial charge in [-0.2, -0.15) is 0 Å². The lowest BCUT2D eigenvalue weighted by atomic mass is 10.0. The highest BCUT2D eigenvalue weighted by Crippen LogP contribution is 2.14. The van der Waals surface area contributed by atoms with Crippen molar-refractivity contribution in [3.63, 3.8) is 0 Å². The predicted molar refractivity (Wildman–Crippen MR) is 97.5 cm³/mol. The highest BCUT2D eigenvalue weighted by atomic mass is 17.5. The van der Waals surface area contributed by atoms with Gasteiger partial charge in [-0.1, -0.05) is 64.0 Å². The Morgan fingerprint density at radius 3 is 2.23 bits per heavy atom. The molecule has 0 spiro atoms. The number of ether oxygens (including phenoxy) is 1. The van der Waals surface area contributed by atoms with E-state index in [-0.39, 0.29) is 6.61 Å². The van der Waals surface area contributed by atoms with Crippen LogP contribution in [0.4, 0.5) is 4.79 Å². The van der Waals surface area contributed by atoms with Gasteiger partial charge in [0.05, 0.1) is 17.2 Å². The zero-order chi connectivity index (χ0) is 19.2. The summed E-state index contributed by atoms with van der Waals surface area (Å²) >= 11 is 0. The third-order valence-corrected chi connectivity index (χ3v) is 4.25. The second-order valence-corrected chi connectivity index (χ2v) is 6.34. The Bertz CT molecular complexity index is 555. The third-order valence-electron chi connectivity index (χ3n) is 4.25. The predicted octanol–water partition coefficient (Wildman–Crippen LogP) is 5.60. The second kappa shape index (κ2) is 13.2. The number of benzene rings is 1. The Morgan fingerprint density at radius 2 is 1.54 bits per heavy atom. The summed E-state index contributed by atoms with van der Waals surface area (Å²) in [4.78, 5) is 31.9. The van der Waals surface area contributed by atoms with Gasteiger partial charge in [0.25, 0.3) is 0 Å². The molecule has 0 heterocycles. The van der Waals surface area contributed by atoms with Crippen molar-refractivity contribution in [3.05, 3.63) is 34.9 Å². The van der Waals surface area contributed by atoms with Crippen LogP contribution in [0.3, 0.4) is 0 Å². The van der Waals surface area contributed by atoms with Crippen LogP contribution in [-0.4, -0.2) is 18.7 Å². The summed E-state index contributed by atoms with van der Waals surface area (Å²) < 4.78 is 4.84. The van der Waals surface area contributed by atoms with Crippen LogP contribution in [-0.2, 0) is 19.6 Å². The number of hydrogen-bond acceptors (Lipinski definition) is 6. The standard InChI is InChI=1S/C20H30O6/c1-4-5-6-7-8-9-10-11-15-23-20(22)25-26-24-19(21)18-14-12-13-16(2)17(18)3/h12-14H,4-11,15H2,1-3H3. The second-order valence-electron chi connectivity index (χ2n) is 6.34. The Morgan fingerprint density at radius 1 is 0.885 bits per heavy atom. The number of hydrogen-bond donors (Lipinski definition) is 0. The van der Waals surface area contributed by atoms with E-state index in [9.17, 15) is 9.59 Å². The van der Waals surface area contributed by atoms with Gasteiger partial charge in [0.15, 0.2) is 0 Å². The van der Waals surface area contributed by atoms with E-state index in [1.165, 1.54) is 32.1 Å². The van der Waals surface area contributed by atoms with Gasteiger partial charge >= 0.3 is 12.1 Å². The minimum absolute atomic E-state index is 0.252.